The average molecular weight is 775 g/mol. The number of nitrogens with one attached hydrogen (secondary N) is 3. The van der Waals surface area contributed by atoms with Gasteiger partial charge >= 0.3 is 0 Å². The molecule has 1 amide bonds. The minimum Gasteiger partial charge on any atom is -0.497 e. The number of sulfonamides is 1. The van der Waals surface area contributed by atoms with Gasteiger partial charge in [0.25, 0.3) is 0 Å². The van der Waals surface area contributed by atoms with Crippen LogP contribution in [0.5, 0.6) is 5.75 Å². The van der Waals surface area contributed by atoms with Gasteiger partial charge in [0, 0.05) is 47.9 Å². The molecule has 0 saturated heterocycles. The third-order valence-electron chi connectivity index (χ3n) is 9.01. The van der Waals surface area contributed by atoms with Crippen LogP contribution in [0.4, 0.5) is 0 Å². The number of nitrogens with zero attached hydrogens (tertiary/aromatic N) is 5. The number of methoxy groups -OCH3 is 1. The lowest BCUT2D eigenvalue weighted by Gasteiger charge is -2.14. The Balaban J connectivity index is 0.972. The summed E-state index contributed by atoms with van der Waals surface area (Å²) in [7, 11) is -2.16. The van der Waals surface area contributed by atoms with Gasteiger partial charge in [-0.1, -0.05) is 41.0 Å². The summed E-state index contributed by atoms with van der Waals surface area (Å²) in [5, 5.41) is 19.5. The van der Waals surface area contributed by atoms with Gasteiger partial charge in [-0.25, -0.2) is 13.1 Å². The molecule has 0 bridgehead atoms. The number of benzene rings is 3. The summed E-state index contributed by atoms with van der Waals surface area (Å²) >= 11 is 6.20. The number of ether oxygens (including phenoxy) is 2. The standard InChI is InChI=1S/C38H43ClN8O6S/c1-23-6-7-28(36-24(2)46-53-25(36)3)20-34(23)54(49,50)42-17-19-52-18-16-40-14-15-41-35(48)22-32-38-45-44-26(4)47(38)33-13-12-30(51-5)21-31(33)37(43-32)27-8-10-29(39)11-9-27/h6-13,20-21,32,40,42H,14-19,22H2,1-5H3,(H,41,48)/t32-/m0/s1. The van der Waals surface area contributed by atoms with Crippen molar-refractivity contribution < 1.29 is 27.2 Å². The first-order valence-corrected chi connectivity index (χ1v) is 19.4. The van der Waals surface area contributed by atoms with Crippen LogP contribution in [0.1, 0.15) is 52.3 Å². The van der Waals surface area contributed by atoms with Crippen LogP contribution in [0.25, 0.3) is 16.8 Å². The zero-order valence-electron chi connectivity index (χ0n) is 30.8. The number of amides is 1. The first-order valence-electron chi connectivity index (χ1n) is 17.5. The van der Waals surface area contributed by atoms with Gasteiger partial charge in [0.2, 0.25) is 15.9 Å². The summed E-state index contributed by atoms with van der Waals surface area (Å²) in [5.41, 5.74) is 6.02. The Labute approximate surface area is 319 Å². The molecule has 6 rings (SSSR count). The van der Waals surface area contributed by atoms with Gasteiger partial charge < -0.3 is 24.6 Å². The van der Waals surface area contributed by atoms with E-state index < -0.39 is 16.1 Å². The van der Waals surface area contributed by atoms with Crippen molar-refractivity contribution in [3.05, 3.63) is 105 Å². The fourth-order valence-corrected chi connectivity index (χ4v) is 7.76. The Kier molecular flexibility index (Phi) is 12.2. The van der Waals surface area contributed by atoms with E-state index >= 15 is 0 Å². The summed E-state index contributed by atoms with van der Waals surface area (Å²) in [5.74, 6) is 2.35. The Morgan fingerprint density at radius 2 is 1.69 bits per heavy atom. The fourth-order valence-electron chi connectivity index (χ4n) is 6.35. The van der Waals surface area contributed by atoms with Crippen LogP contribution in [0.3, 0.4) is 0 Å². The van der Waals surface area contributed by atoms with Crippen LogP contribution in [-0.2, 0) is 19.6 Å². The van der Waals surface area contributed by atoms with Gasteiger partial charge in [-0.15, -0.1) is 10.2 Å². The van der Waals surface area contributed by atoms with E-state index in [0.717, 1.165) is 27.9 Å². The Hall–Kier alpha value is -4.93. The molecule has 1 atom stereocenters. The van der Waals surface area contributed by atoms with Crippen molar-refractivity contribution >= 4 is 33.2 Å². The van der Waals surface area contributed by atoms with E-state index in [-0.39, 0.29) is 30.4 Å². The summed E-state index contributed by atoms with van der Waals surface area (Å²) in [6, 6.07) is 17.8. The minimum atomic E-state index is -3.77. The molecule has 3 heterocycles. The number of hydrogen-bond donors (Lipinski definition) is 3. The van der Waals surface area contributed by atoms with Crippen LogP contribution < -0.4 is 20.1 Å². The third-order valence-corrected chi connectivity index (χ3v) is 10.9. The molecule has 0 fully saturated rings. The van der Waals surface area contributed by atoms with Gasteiger partial charge in [0.1, 0.15) is 23.4 Å². The van der Waals surface area contributed by atoms with Crippen LogP contribution in [0, 0.1) is 27.7 Å². The van der Waals surface area contributed by atoms with E-state index in [1.165, 1.54) is 0 Å². The molecule has 0 saturated carbocycles. The number of aryl methyl sites for hydroxylation is 4. The summed E-state index contributed by atoms with van der Waals surface area (Å²) in [6.07, 6.45) is 0.0585. The van der Waals surface area contributed by atoms with Gasteiger partial charge in [0.15, 0.2) is 5.82 Å². The second-order valence-corrected chi connectivity index (χ2v) is 15.0. The first-order chi connectivity index (χ1) is 26.0. The molecule has 2 aromatic heterocycles. The van der Waals surface area contributed by atoms with Crippen LogP contribution in [0.15, 0.2) is 75.1 Å². The normalized spacial score (nSPS) is 13.9. The molecule has 54 heavy (non-hydrogen) atoms. The van der Waals surface area contributed by atoms with Crippen LogP contribution in [0.2, 0.25) is 5.02 Å². The maximum atomic E-state index is 13.2. The molecule has 5 aromatic rings. The summed E-state index contributed by atoms with van der Waals surface area (Å²) in [4.78, 5) is 18.5. The van der Waals surface area contributed by atoms with Crippen molar-refractivity contribution in [3.63, 3.8) is 0 Å². The maximum absolute atomic E-state index is 13.2. The minimum absolute atomic E-state index is 0.0585. The lowest BCUT2D eigenvalue weighted by molar-refractivity contribution is -0.121. The van der Waals surface area contributed by atoms with Crippen molar-refractivity contribution in [2.75, 3.05) is 46.5 Å². The SMILES string of the molecule is COc1ccc2c(c1)C(c1ccc(Cl)cc1)=N[C@@H](CC(=O)NCCNCCOCCNS(=O)(=O)c1cc(-c3c(C)noc3C)ccc1C)c1nnc(C)n1-2. The highest BCUT2D eigenvalue weighted by atomic mass is 35.5. The number of carbonyl (C=O) groups is 1. The Morgan fingerprint density at radius 1 is 0.926 bits per heavy atom. The quantitative estimate of drug-likeness (QED) is 0.118. The van der Waals surface area contributed by atoms with Crippen molar-refractivity contribution in [1.29, 1.82) is 0 Å². The highest BCUT2D eigenvalue weighted by Gasteiger charge is 2.30. The Morgan fingerprint density at radius 3 is 2.43 bits per heavy atom. The number of carbonyl (C=O) groups excluding carboxylic acids is 1. The maximum Gasteiger partial charge on any atom is 0.240 e. The average Bonchev–Trinajstić information content (AvgIpc) is 3.67. The molecule has 0 spiro atoms. The molecular weight excluding hydrogens is 732 g/mol. The summed E-state index contributed by atoms with van der Waals surface area (Å²) < 4.78 is 47.2. The van der Waals surface area contributed by atoms with E-state index in [9.17, 15) is 13.2 Å². The monoisotopic (exact) mass is 774 g/mol. The molecule has 1 aliphatic rings. The molecule has 0 unspecified atom stereocenters. The molecule has 3 N–H and O–H groups in total. The molecule has 16 heteroatoms. The van der Waals surface area contributed by atoms with Crippen molar-refractivity contribution in [3.8, 4) is 22.6 Å². The second-order valence-electron chi connectivity index (χ2n) is 12.8. The smallest absolute Gasteiger partial charge is 0.240 e. The number of rotatable bonds is 16. The molecule has 14 nitrogen and oxygen atoms in total. The highest BCUT2D eigenvalue weighted by Crippen LogP contribution is 2.35. The zero-order chi connectivity index (χ0) is 38.4. The number of halogens is 1. The highest BCUT2D eigenvalue weighted by molar-refractivity contribution is 7.89. The van der Waals surface area contributed by atoms with E-state index in [1.54, 1.807) is 33.1 Å². The zero-order valence-corrected chi connectivity index (χ0v) is 32.3. The van der Waals surface area contributed by atoms with Crippen LogP contribution in [-0.4, -0.2) is 86.5 Å². The lowest BCUT2D eigenvalue weighted by Crippen LogP contribution is -2.34. The van der Waals surface area contributed by atoms with Gasteiger partial charge in [-0.05, 0) is 75.2 Å². The molecule has 3 aromatic carbocycles. The Bertz CT molecular complexity index is 2250. The van der Waals surface area contributed by atoms with E-state index in [4.69, 9.17) is 30.6 Å². The van der Waals surface area contributed by atoms with Gasteiger partial charge in [-0.3, -0.25) is 14.4 Å². The number of fused-ring (bicyclic) bond motifs is 3. The fraction of sp³-hybridized carbons (Fsp3) is 0.342. The van der Waals surface area contributed by atoms with E-state index in [0.29, 0.717) is 71.4 Å². The van der Waals surface area contributed by atoms with Crippen molar-refractivity contribution in [2.45, 2.75) is 45.1 Å². The molecule has 0 aliphatic carbocycles. The molecule has 1 aliphatic heterocycles. The lowest BCUT2D eigenvalue weighted by atomic mass is 10.00. The summed E-state index contributed by atoms with van der Waals surface area (Å²) in [6.45, 7) is 9.32. The largest absolute Gasteiger partial charge is 0.497 e. The topological polar surface area (TPSA) is 175 Å². The third kappa shape index (κ3) is 8.71. The van der Waals surface area contributed by atoms with E-state index in [1.807, 2.05) is 66.9 Å². The van der Waals surface area contributed by atoms with Crippen LogP contribution >= 0.6 is 11.6 Å². The molecule has 0 radical (unpaired) electrons. The number of aliphatic imine (C=N–C) groups is 1. The van der Waals surface area contributed by atoms with Crippen molar-refractivity contribution in [2.24, 2.45) is 4.99 Å². The predicted molar refractivity (Wildman–Crippen MR) is 205 cm³/mol. The number of aromatic nitrogens is 4. The number of hydrogen-bond acceptors (Lipinski definition) is 11. The van der Waals surface area contributed by atoms with Gasteiger partial charge in [0.05, 0.1) is 48.7 Å². The van der Waals surface area contributed by atoms with Gasteiger partial charge in [-0.2, -0.15) is 0 Å². The van der Waals surface area contributed by atoms with Crippen molar-refractivity contribution in [1.82, 2.24) is 35.3 Å². The molecule has 284 valence electrons. The second kappa shape index (κ2) is 17.0. The van der Waals surface area contributed by atoms with E-state index in [2.05, 4.69) is 30.7 Å². The predicted octanol–water partition coefficient (Wildman–Crippen LogP) is 4.80. The first kappa shape index (κ1) is 38.8. The molecular formula is C38H43ClN8O6S.